The van der Waals surface area contributed by atoms with Crippen molar-refractivity contribution in [3.63, 3.8) is 0 Å². The highest BCUT2D eigenvalue weighted by Gasteiger charge is 1.99. The van der Waals surface area contributed by atoms with Gasteiger partial charge in [0.25, 0.3) is 0 Å². The zero-order valence-electron chi connectivity index (χ0n) is 12.3. The van der Waals surface area contributed by atoms with E-state index in [1.807, 2.05) is 48.5 Å². The third kappa shape index (κ3) is 5.04. The molecule has 0 spiro atoms. The molecule has 0 aromatic heterocycles. The van der Waals surface area contributed by atoms with Gasteiger partial charge in [0, 0.05) is 13.0 Å². The molecule has 0 aliphatic heterocycles. The summed E-state index contributed by atoms with van der Waals surface area (Å²) in [4.78, 5) is 11.0. The third-order valence-corrected chi connectivity index (χ3v) is 3.35. The number of hydrogen-bond acceptors (Lipinski definition) is 3. The first-order valence-electron chi connectivity index (χ1n) is 7.16. The number of hydrogen-bond donors (Lipinski definition) is 1. The standard InChI is InChI=1S/C18H21NO2/c1-14(20)2-3-15-8-10-18(11-9-15)21-13-17-6-4-16(12-19)5-7-17/h4-11H,2-3,12-13,19H2,1H3. The van der Waals surface area contributed by atoms with Gasteiger partial charge < -0.3 is 15.3 Å². The average Bonchev–Trinajstić information content (AvgIpc) is 2.52. The fraction of sp³-hybridized carbons (Fsp3) is 0.278. The minimum Gasteiger partial charge on any atom is -0.489 e. The number of ketones is 1. The Morgan fingerprint density at radius 2 is 1.52 bits per heavy atom. The second kappa shape index (κ2) is 7.60. The third-order valence-electron chi connectivity index (χ3n) is 3.35. The number of benzene rings is 2. The van der Waals surface area contributed by atoms with Gasteiger partial charge in [-0.2, -0.15) is 0 Å². The van der Waals surface area contributed by atoms with Gasteiger partial charge in [0.05, 0.1) is 0 Å². The van der Waals surface area contributed by atoms with E-state index in [-0.39, 0.29) is 5.78 Å². The van der Waals surface area contributed by atoms with E-state index < -0.39 is 0 Å². The summed E-state index contributed by atoms with van der Waals surface area (Å²) in [6.07, 6.45) is 1.38. The van der Waals surface area contributed by atoms with Crippen LogP contribution in [0.5, 0.6) is 5.75 Å². The smallest absolute Gasteiger partial charge is 0.130 e. The Bertz CT molecular complexity index is 573. The molecule has 0 radical (unpaired) electrons. The molecule has 0 saturated heterocycles. The van der Waals surface area contributed by atoms with E-state index in [0.29, 0.717) is 19.6 Å². The Hall–Kier alpha value is -2.13. The molecule has 0 aliphatic carbocycles. The molecule has 0 atom stereocenters. The maximum Gasteiger partial charge on any atom is 0.130 e. The molecule has 0 saturated carbocycles. The van der Waals surface area contributed by atoms with E-state index in [4.69, 9.17) is 10.5 Å². The van der Waals surface area contributed by atoms with Crippen molar-refractivity contribution in [2.75, 3.05) is 0 Å². The van der Waals surface area contributed by atoms with Crippen molar-refractivity contribution in [3.05, 3.63) is 65.2 Å². The lowest BCUT2D eigenvalue weighted by Crippen LogP contribution is -1.99. The molecule has 3 heteroatoms. The summed E-state index contributed by atoms with van der Waals surface area (Å²) >= 11 is 0. The molecule has 0 fully saturated rings. The fourth-order valence-corrected chi connectivity index (χ4v) is 2.01. The number of nitrogens with two attached hydrogens (primary N) is 1. The van der Waals surface area contributed by atoms with Gasteiger partial charge in [-0.1, -0.05) is 36.4 Å². The predicted octanol–water partition coefficient (Wildman–Crippen LogP) is 3.25. The van der Waals surface area contributed by atoms with Gasteiger partial charge in [-0.3, -0.25) is 0 Å². The van der Waals surface area contributed by atoms with Crippen LogP contribution in [-0.2, 0) is 24.4 Å². The molecule has 110 valence electrons. The molecular weight excluding hydrogens is 262 g/mol. The largest absolute Gasteiger partial charge is 0.489 e. The Kier molecular flexibility index (Phi) is 5.52. The molecule has 3 nitrogen and oxygen atoms in total. The highest BCUT2D eigenvalue weighted by atomic mass is 16.5. The molecular formula is C18H21NO2. The second-order valence-electron chi connectivity index (χ2n) is 5.16. The van der Waals surface area contributed by atoms with Gasteiger partial charge in [0.2, 0.25) is 0 Å². The van der Waals surface area contributed by atoms with Crippen LogP contribution < -0.4 is 10.5 Å². The van der Waals surface area contributed by atoms with E-state index in [1.54, 1.807) is 6.92 Å². The van der Waals surface area contributed by atoms with Crippen LogP contribution >= 0.6 is 0 Å². The molecule has 2 rings (SSSR count). The van der Waals surface area contributed by atoms with Gasteiger partial charge in [-0.15, -0.1) is 0 Å². The highest BCUT2D eigenvalue weighted by molar-refractivity contribution is 5.75. The molecule has 2 aromatic rings. The summed E-state index contributed by atoms with van der Waals surface area (Å²) in [6, 6.07) is 16.0. The lowest BCUT2D eigenvalue weighted by Gasteiger charge is -2.08. The topological polar surface area (TPSA) is 52.3 Å². The predicted molar refractivity (Wildman–Crippen MR) is 84.1 cm³/mol. The first-order chi connectivity index (χ1) is 10.2. The van der Waals surface area contributed by atoms with Gasteiger partial charge in [0.1, 0.15) is 18.1 Å². The van der Waals surface area contributed by atoms with Gasteiger partial charge in [0.15, 0.2) is 0 Å². The fourth-order valence-electron chi connectivity index (χ4n) is 2.01. The minimum absolute atomic E-state index is 0.219. The summed E-state index contributed by atoms with van der Waals surface area (Å²) in [5.41, 5.74) is 8.96. The zero-order chi connectivity index (χ0) is 15.1. The Labute approximate surface area is 125 Å². The van der Waals surface area contributed by atoms with E-state index in [1.165, 1.54) is 0 Å². The van der Waals surface area contributed by atoms with Crippen molar-refractivity contribution in [1.29, 1.82) is 0 Å². The summed E-state index contributed by atoms with van der Waals surface area (Å²) in [7, 11) is 0. The Balaban J connectivity index is 1.86. The monoisotopic (exact) mass is 283 g/mol. The van der Waals surface area contributed by atoms with E-state index in [2.05, 4.69) is 0 Å². The number of carbonyl (C=O) groups is 1. The molecule has 0 aliphatic rings. The van der Waals surface area contributed by atoms with Gasteiger partial charge >= 0.3 is 0 Å². The van der Waals surface area contributed by atoms with Crippen LogP contribution in [0.2, 0.25) is 0 Å². The van der Waals surface area contributed by atoms with Crippen molar-refractivity contribution >= 4 is 5.78 Å². The molecule has 21 heavy (non-hydrogen) atoms. The first-order valence-corrected chi connectivity index (χ1v) is 7.16. The van der Waals surface area contributed by atoms with Crippen molar-refractivity contribution in [2.24, 2.45) is 5.73 Å². The van der Waals surface area contributed by atoms with E-state index in [9.17, 15) is 4.79 Å². The number of Topliss-reactive ketones (excluding diaryl/α,β-unsaturated/α-hetero) is 1. The van der Waals surface area contributed by atoms with Gasteiger partial charge in [-0.25, -0.2) is 0 Å². The summed E-state index contributed by atoms with van der Waals surface area (Å²) in [6.45, 7) is 2.72. The van der Waals surface area contributed by atoms with Crippen molar-refractivity contribution in [2.45, 2.75) is 32.9 Å². The van der Waals surface area contributed by atoms with Crippen LogP contribution in [0.4, 0.5) is 0 Å². The molecule has 0 unspecified atom stereocenters. The Morgan fingerprint density at radius 1 is 0.952 bits per heavy atom. The maximum atomic E-state index is 11.0. The second-order valence-corrected chi connectivity index (χ2v) is 5.16. The maximum absolute atomic E-state index is 11.0. The van der Waals surface area contributed by atoms with Crippen LogP contribution in [-0.4, -0.2) is 5.78 Å². The molecule has 0 amide bonds. The van der Waals surface area contributed by atoms with E-state index >= 15 is 0 Å². The Morgan fingerprint density at radius 3 is 2.10 bits per heavy atom. The quantitative estimate of drug-likeness (QED) is 0.848. The van der Waals surface area contributed by atoms with Crippen LogP contribution in [0.3, 0.4) is 0 Å². The van der Waals surface area contributed by atoms with E-state index in [0.717, 1.165) is 28.9 Å². The highest BCUT2D eigenvalue weighted by Crippen LogP contribution is 2.15. The lowest BCUT2D eigenvalue weighted by atomic mass is 10.1. The van der Waals surface area contributed by atoms with Crippen LogP contribution in [0, 0.1) is 0 Å². The average molecular weight is 283 g/mol. The summed E-state index contributed by atoms with van der Waals surface area (Å²) in [5, 5.41) is 0. The summed E-state index contributed by atoms with van der Waals surface area (Å²) < 4.78 is 5.75. The van der Waals surface area contributed by atoms with Crippen molar-refractivity contribution in [3.8, 4) is 5.75 Å². The number of ether oxygens (including phenoxy) is 1. The number of rotatable bonds is 7. The zero-order valence-corrected chi connectivity index (χ0v) is 12.3. The molecule has 0 heterocycles. The summed E-state index contributed by atoms with van der Waals surface area (Å²) in [5.74, 6) is 1.06. The van der Waals surface area contributed by atoms with Crippen LogP contribution in [0.25, 0.3) is 0 Å². The van der Waals surface area contributed by atoms with Crippen LogP contribution in [0.1, 0.15) is 30.0 Å². The van der Waals surface area contributed by atoms with Crippen LogP contribution in [0.15, 0.2) is 48.5 Å². The van der Waals surface area contributed by atoms with Gasteiger partial charge in [-0.05, 0) is 42.2 Å². The minimum atomic E-state index is 0.219. The van der Waals surface area contributed by atoms with Crippen molar-refractivity contribution in [1.82, 2.24) is 0 Å². The lowest BCUT2D eigenvalue weighted by molar-refractivity contribution is -0.116. The SMILES string of the molecule is CC(=O)CCc1ccc(OCc2ccc(CN)cc2)cc1. The molecule has 2 N–H and O–H groups in total. The first kappa shape index (κ1) is 15.3. The normalized spacial score (nSPS) is 10.4. The van der Waals surface area contributed by atoms with Crippen molar-refractivity contribution < 1.29 is 9.53 Å². The molecule has 0 bridgehead atoms. The molecule has 2 aromatic carbocycles. The number of aryl methyl sites for hydroxylation is 1. The number of carbonyl (C=O) groups excluding carboxylic acids is 1.